The molecule has 0 N–H and O–H groups in total. The number of aromatic nitrogens is 4. The molecule has 100 valence electrons. The number of hydrogen-bond acceptors (Lipinski definition) is 5. The standard InChI is InChI=1S/C14H12N4O2/c1-9-4-3-5-10(8-9)18-13-11(6-7-15-16-13)12(17-18)14(19)20-2/h3-8H,1-2H3. The average molecular weight is 268 g/mol. The Morgan fingerprint density at radius 3 is 2.90 bits per heavy atom. The molecule has 0 atom stereocenters. The lowest BCUT2D eigenvalue weighted by Gasteiger charge is -2.02. The Kier molecular flexibility index (Phi) is 2.90. The van der Waals surface area contributed by atoms with E-state index in [0.717, 1.165) is 11.3 Å². The van der Waals surface area contributed by atoms with E-state index in [1.807, 2.05) is 31.2 Å². The fourth-order valence-corrected chi connectivity index (χ4v) is 2.05. The predicted octanol–water partition coefficient (Wildman–Crippen LogP) is 1.91. The molecule has 1 aromatic carbocycles. The van der Waals surface area contributed by atoms with Crippen molar-refractivity contribution in [3.8, 4) is 5.69 Å². The predicted molar refractivity (Wildman–Crippen MR) is 72.7 cm³/mol. The number of fused-ring (bicyclic) bond motifs is 1. The first kappa shape index (κ1) is 12.3. The van der Waals surface area contributed by atoms with Gasteiger partial charge < -0.3 is 4.74 Å². The molecule has 0 saturated heterocycles. The van der Waals surface area contributed by atoms with Crippen molar-refractivity contribution in [1.29, 1.82) is 0 Å². The summed E-state index contributed by atoms with van der Waals surface area (Å²) in [6.07, 6.45) is 1.52. The van der Waals surface area contributed by atoms with Crippen LogP contribution in [0, 0.1) is 6.92 Å². The molecule has 0 amide bonds. The Morgan fingerprint density at radius 2 is 2.15 bits per heavy atom. The molecular formula is C14H12N4O2. The Morgan fingerprint density at radius 1 is 1.30 bits per heavy atom. The number of methoxy groups -OCH3 is 1. The third-order valence-electron chi connectivity index (χ3n) is 2.98. The lowest BCUT2D eigenvalue weighted by atomic mass is 10.2. The number of hydrogen-bond donors (Lipinski definition) is 0. The zero-order valence-corrected chi connectivity index (χ0v) is 11.1. The molecule has 0 spiro atoms. The van der Waals surface area contributed by atoms with Crippen LogP contribution >= 0.6 is 0 Å². The summed E-state index contributed by atoms with van der Waals surface area (Å²) in [6, 6.07) is 9.47. The van der Waals surface area contributed by atoms with Gasteiger partial charge in [-0.15, -0.1) is 5.10 Å². The van der Waals surface area contributed by atoms with Crippen molar-refractivity contribution in [3.05, 3.63) is 47.8 Å². The number of benzene rings is 1. The molecule has 0 aliphatic rings. The number of nitrogens with zero attached hydrogens (tertiary/aromatic N) is 4. The molecule has 2 aromatic heterocycles. The van der Waals surface area contributed by atoms with Crippen LogP contribution < -0.4 is 0 Å². The Balaban J connectivity index is 2.29. The van der Waals surface area contributed by atoms with E-state index in [1.54, 1.807) is 10.7 Å². The van der Waals surface area contributed by atoms with Crippen LogP contribution in [0.3, 0.4) is 0 Å². The van der Waals surface area contributed by atoms with Crippen molar-refractivity contribution in [3.63, 3.8) is 0 Å². The highest BCUT2D eigenvalue weighted by Crippen LogP contribution is 2.20. The number of carbonyl (C=O) groups excluding carboxylic acids is 1. The van der Waals surface area contributed by atoms with Crippen molar-refractivity contribution >= 4 is 17.0 Å². The van der Waals surface area contributed by atoms with Gasteiger partial charge in [-0.05, 0) is 30.7 Å². The van der Waals surface area contributed by atoms with Crippen LogP contribution in [0.15, 0.2) is 36.5 Å². The van der Waals surface area contributed by atoms with Crippen LogP contribution in [0.25, 0.3) is 16.7 Å². The van der Waals surface area contributed by atoms with Crippen molar-refractivity contribution in [2.45, 2.75) is 6.92 Å². The second-order valence-corrected chi connectivity index (χ2v) is 4.36. The van der Waals surface area contributed by atoms with Gasteiger partial charge in [0, 0.05) is 0 Å². The Hall–Kier alpha value is -2.76. The number of aryl methyl sites for hydroxylation is 1. The largest absolute Gasteiger partial charge is 0.464 e. The van der Waals surface area contributed by atoms with E-state index < -0.39 is 5.97 Å². The van der Waals surface area contributed by atoms with E-state index in [1.165, 1.54) is 13.3 Å². The van der Waals surface area contributed by atoms with E-state index in [9.17, 15) is 4.79 Å². The molecule has 0 unspecified atom stereocenters. The third-order valence-corrected chi connectivity index (χ3v) is 2.98. The normalized spacial score (nSPS) is 10.7. The first-order chi connectivity index (χ1) is 9.70. The maximum absolute atomic E-state index is 11.8. The van der Waals surface area contributed by atoms with Gasteiger partial charge in [0.25, 0.3) is 0 Å². The van der Waals surface area contributed by atoms with E-state index in [-0.39, 0.29) is 5.69 Å². The van der Waals surface area contributed by atoms with Crippen LogP contribution in [-0.4, -0.2) is 33.1 Å². The van der Waals surface area contributed by atoms with Gasteiger partial charge in [-0.3, -0.25) is 0 Å². The fourth-order valence-electron chi connectivity index (χ4n) is 2.05. The summed E-state index contributed by atoms with van der Waals surface area (Å²) >= 11 is 0. The summed E-state index contributed by atoms with van der Waals surface area (Å²) in [6.45, 7) is 1.99. The first-order valence-corrected chi connectivity index (χ1v) is 6.06. The molecule has 0 bridgehead atoms. The molecule has 0 aliphatic carbocycles. The highest BCUT2D eigenvalue weighted by atomic mass is 16.5. The van der Waals surface area contributed by atoms with Gasteiger partial charge in [-0.2, -0.15) is 10.2 Å². The minimum atomic E-state index is -0.491. The molecule has 0 aliphatic heterocycles. The van der Waals surface area contributed by atoms with Crippen molar-refractivity contribution in [1.82, 2.24) is 20.0 Å². The van der Waals surface area contributed by atoms with Crippen LogP contribution in [0.1, 0.15) is 16.1 Å². The topological polar surface area (TPSA) is 69.9 Å². The minimum absolute atomic E-state index is 0.235. The van der Waals surface area contributed by atoms with Gasteiger partial charge in [0.15, 0.2) is 11.3 Å². The summed E-state index contributed by atoms with van der Waals surface area (Å²) in [5, 5.41) is 12.9. The summed E-state index contributed by atoms with van der Waals surface area (Å²) in [5.41, 5.74) is 2.68. The summed E-state index contributed by atoms with van der Waals surface area (Å²) in [4.78, 5) is 11.8. The fraction of sp³-hybridized carbons (Fsp3) is 0.143. The molecule has 0 radical (unpaired) electrons. The molecular weight excluding hydrogens is 256 g/mol. The SMILES string of the molecule is COC(=O)c1nn(-c2cccc(C)c2)c2nnccc12. The summed E-state index contributed by atoms with van der Waals surface area (Å²) in [5.74, 6) is -0.491. The Labute approximate surface area is 115 Å². The van der Waals surface area contributed by atoms with Gasteiger partial charge in [0.1, 0.15) is 0 Å². The zero-order chi connectivity index (χ0) is 14.1. The Bertz CT molecular complexity index is 795. The summed E-state index contributed by atoms with van der Waals surface area (Å²) < 4.78 is 6.35. The first-order valence-electron chi connectivity index (χ1n) is 6.06. The van der Waals surface area contributed by atoms with Crippen LogP contribution in [-0.2, 0) is 4.74 Å². The minimum Gasteiger partial charge on any atom is -0.464 e. The van der Waals surface area contributed by atoms with Gasteiger partial charge in [-0.25, -0.2) is 9.48 Å². The van der Waals surface area contributed by atoms with E-state index >= 15 is 0 Å². The smallest absolute Gasteiger partial charge is 0.359 e. The molecule has 6 nitrogen and oxygen atoms in total. The quantitative estimate of drug-likeness (QED) is 0.664. The second kappa shape index (κ2) is 4.73. The molecule has 0 saturated carbocycles. The molecule has 0 fully saturated rings. The maximum Gasteiger partial charge on any atom is 0.359 e. The average Bonchev–Trinajstić information content (AvgIpc) is 2.86. The number of carbonyl (C=O) groups is 1. The van der Waals surface area contributed by atoms with Crippen LogP contribution in [0.2, 0.25) is 0 Å². The molecule has 3 aromatic rings. The van der Waals surface area contributed by atoms with E-state index in [4.69, 9.17) is 4.74 Å². The monoisotopic (exact) mass is 268 g/mol. The number of esters is 1. The van der Waals surface area contributed by atoms with Gasteiger partial charge in [0.2, 0.25) is 0 Å². The van der Waals surface area contributed by atoms with Gasteiger partial charge in [0.05, 0.1) is 24.4 Å². The van der Waals surface area contributed by atoms with E-state index in [2.05, 4.69) is 15.3 Å². The second-order valence-electron chi connectivity index (χ2n) is 4.36. The van der Waals surface area contributed by atoms with Crippen molar-refractivity contribution in [2.75, 3.05) is 7.11 Å². The van der Waals surface area contributed by atoms with Crippen molar-refractivity contribution in [2.24, 2.45) is 0 Å². The molecule has 20 heavy (non-hydrogen) atoms. The zero-order valence-electron chi connectivity index (χ0n) is 11.1. The molecule has 3 rings (SSSR count). The third kappa shape index (κ3) is 1.91. The van der Waals surface area contributed by atoms with Crippen LogP contribution in [0.5, 0.6) is 0 Å². The van der Waals surface area contributed by atoms with Gasteiger partial charge in [-0.1, -0.05) is 12.1 Å². The molecule has 2 heterocycles. The van der Waals surface area contributed by atoms with Gasteiger partial charge >= 0.3 is 5.97 Å². The molecule has 6 heteroatoms. The van der Waals surface area contributed by atoms with E-state index in [0.29, 0.717) is 11.0 Å². The number of rotatable bonds is 2. The highest BCUT2D eigenvalue weighted by Gasteiger charge is 2.19. The number of ether oxygens (including phenoxy) is 1. The lowest BCUT2D eigenvalue weighted by molar-refractivity contribution is 0.0595. The lowest BCUT2D eigenvalue weighted by Crippen LogP contribution is -2.04. The van der Waals surface area contributed by atoms with Crippen molar-refractivity contribution < 1.29 is 9.53 Å². The van der Waals surface area contributed by atoms with Crippen LogP contribution in [0.4, 0.5) is 0 Å². The maximum atomic E-state index is 11.8. The highest BCUT2D eigenvalue weighted by molar-refractivity contribution is 6.01. The summed E-state index contributed by atoms with van der Waals surface area (Å²) in [7, 11) is 1.33.